The maximum Gasteiger partial charge on any atom is 0.306 e. The number of quaternary nitrogens is 1. The number of nitrogens with zero attached hydrogens (tertiary/aromatic N) is 1. The van der Waals surface area contributed by atoms with E-state index in [4.69, 9.17) is 13.8 Å². The first-order valence-corrected chi connectivity index (χ1v) is 36.6. The van der Waals surface area contributed by atoms with Crippen LogP contribution in [-0.4, -0.2) is 69.4 Å². The summed E-state index contributed by atoms with van der Waals surface area (Å²) >= 11 is 0. The fourth-order valence-corrected chi connectivity index (χ4v) is 11.0. The van der Waals surface area contributed by atoms with Crippen molar-refractivity contribution in [2.24, 2.45) is 0 Å². The largest absolute Gasteiger partial charge is 0.756 e. The maximum atomic E-state index is 13.6. The summed E-state index contributed by atoms with van der Waals surface area (Å²) in [5, 5.41) is 3.04. The second-order valence-electron chi connectivity index (χ2n) is 25.0. The van der Waals surface area contributed by atoms with Crippen LogP contribution in [0.5, 0.6) is 0 Å². The number of unbranched alkanes of at least 4 members (excludes halogenated alkanes) is 40. The quantitative estimate of drug-likeness (QED) is 0.0212. The van der Waals surface area contributed by atoms with Crippen molar-refractivity contribution in [1.82, 2.24) is 5.32 Å². The molecule has 0 radical (unpaired) electrons. The molecule has 0 aromatic heterocycles. The van der Waals surface area contributed by atoms with E-state index in [1.165, 1.54) is 218 Å². The number of hydrogen-bond donors (Lipinski definition) is 1. The molecular weight excluding hydrogens is 1040 g/mol. The first kappa shape index (κ1) is 79.7. The molecule has 10 heteroatoms. The molecule has 0 spiro atoms. The molecule has 0 saturated heterocycles. The van der Waals surface area contributed by atoms with Crippen LogP contribution in [0.4, 0.5) is 0 Å². The highest BCUT2D eigenvalue weighted by atomic mass is 31.2. The zero-order chi connectivity index (χ0) is 60.0. The minimum Gasteiger partial charge on any atom is -0.756 e. The van der Waals surface area contributed by atoms with Crippen molar-refractivity contribution in [3.8, 4) is 0 Å². The van der Waals surface area contributed by atoms with E-state index in [0.29, 0.717) is 23.9 Å². The van der Waals surface area contributed by atoms with Crippen molar-refractivity contribution < 1.29 is 37.3 Å². The van der Waals surface area contributed by atoms with Gasteiger partial charge < -0.3 is 28.5 Å². The minimum absolute atomic E-state index is 0.0273. The summed E-state index contributed by atoms with van der Waals surface area (Å²) in [5.41, 5.74) is 0. The molecule has 0 aromatic carbocycles. The Bertz CT molecular complexity index is 1590. The molecule has 480 valence electrons. The van der Waals surface area contributed by atoms with Gasteiger partial charge in [-0.1, -0.05) is 307 Å². The molecule has 9 nitrogen and oxygen atoms in total. The molecule has 3 atom stereocenters. The molecule has 0 aromatic rings. The first-order chi connectivity index (χ1) is 39.9. The highest BCUT2D eigenvalue weighted by molar-refractivity contribution is 7.45. The summed E-state index contributed by atoms with van der Waals surface area (Å²) in [6.45, 7) is 6.84. The molecule has 0 saturated carbocycles. The van der Waals surface area contributed by atoms with Gasteiger partial charge >= 0.3 is 5.97 Å². The van der Waals surface area contributed by atoms with Crippen LogP contribution in [-0.2, 0) is 27.9 Å². The van der Waals surface area contributed by atoms with Gasteiger partial charge in [0.1, 0.15) is 19.3 Å². The van der Waals surface area contributed by atoms with Gasteiger partial charge in [0.25, 0.3) is 7.82 Å². The normalized spacial score (nSPS) is 13.9. The Balaban J connectivity index is 5.09. The molecule has 0 rings (SSSR count). The number of likely N-dealkylation sites (N-methyl/N-ethyl adjacent to an activating group) is 1. The molecule has 0 aliphatic carbocycles. The van der Waals surface area contributed by atoms with E-state index < -0.39 is 26.6 Å². The van der Waals surface area contributed by atoms with Gasteiger partial charge in [-0.2, -0.15) is 0 Å². The van der Waals surface area contributed by atoms with Gasteiger partial charge in [0.05, 0.1) is 33.8 Å². The van der Waals surface area contributed by atoms with E-state index >= 15 is 0 Å². The van der Waals surface area contributed by atoms with Crippen LogP contribution in [0.2, 0.25) is 0 Å². The smallest absolute Gasteiger partial charge is 0.306 e. The van der Waals surface area contributed by atoms with Gasteiger partial charge in [0, 0.05) is 12.8 Å². The summed E-state index contributed by atoms with van der Waals surface area (Å²) in [6, 6.07) is -0.902. The van der Waals surface area contributed by atoms with E-state index in [2.05, 4.69) is 74.7 Å². The molecular formula is C72H135N2O7P. The number of esters is 1. The molecule has 0 aliphatic rings. The lowest BCUT2D eigenvalue weighted by Gasteiger charge is -2.30. The average Bonchev–Trinajstić information content (AvgIpc) is 3.44. The van der Waals surface area contributed by atoms with Gasteiger partial charge in [-0.05, 0) is 76.7 Å². The van der Waals surface area contributed by atoms with E-state index in [0.717, 1.165) is 77.0 Å². The number of amides is 1. The number of hydrogen-bond acceptors (Lipinski definition) is 7. The summed E-state index contributed by atoms with van der Waals surface area (Å²) in [4.78, 5) is 40.1. The fraction of sp³-hybridized carbons (Fsp3) is 0.833. The number of rotatable bonds is 64. The Hall–Kier alpha value is -2.29. The highest BCUT2D eigenvalue weighted by Gasteiger charge is 2.27. The number of phosphoric acid groups is 1. The van der Waals surface area contributed by atoms with Crippen molar-refractivity contribution in [2.75, 3.05) is 40.9 Å². The Labute approximate surface area is 509 Å². The number of carbonyl (C=O) groups excluding carboxylic acids is 2. The lowest BCUT2D eigenvalue weighted by molar-refractivity contribution is -0.870. The Morgan fingerprint density at radius 1 is 0.427 bits per heavy atom. The van der Waals surface area contributed by atoms with Crippen molar-refractivity contribution in [3.05, 3.63) is 60.8 Å². The Morgan fingerprint density at radius 2 is 0.744 bits per heavy atom. The number of phosphoric ester groups is 1. The van der Waals surface area contributed by atoms with Crippen LogP contribution in [0.15, 0.2) is 60.8 Å². The predicted molar refractivity (Wildman–Crippen MR) is 353 cm³/mol. The summed E-state index contributed by atoms with van der Waals surface area (Å²) in [5.74, 6) is -0.564. The van der Waals surface area contributed by atoms with Crippen LogP contribution in [0, 0.1) is 0 Å². The second-order valence-corrected chi connectivity index (χ2v) is 26.5. The monoisotopic (exact) mass is 1170 g/mol. The van der Waals surface area contributed by atoms with E-state index in [1.54, 1.807) is 0 Å². The van der Waals surface area contributed by atoms with Crippen LogP contribution in [0.25, 0.3) is 0 Å². The zero-order valence-electron chi connectivity index (χ0n) is 54.9. The van der Waals surface area contributed by atoms with E-state index in [1.807, 2.05) is 33.3 Å². The fourth-order valence-electron chi connectivity index (χ4n) is 10.3. The second kappa shape index (κ2) is 61.8. The third-order valence-electron chi connectivity index (χ3n) is 15.7. The molecule has 0 aliphatic heterocycles. The zero-order valence-corrected chi connectivity index (χ0v) is 55.8. The number of carbonyl (C=O) groups is 2. The first-order valence-electron chi connectivity index (χ1n) is 35.1. The van der Waals surface area contributed by atoms with Gasteiger partial charge in [0.2, 0.25) is 5.91 Å². The van der Waals surface area contributed by atoms with Crippen molar-refractivity contribution in [3.63, 3.8) is 0 Å². The number of nitrogens with one attached hydrogen (secondary N) is 1. The third kappa shape index (κ3) is 62.2. The van der Waals surface area contributed by atoms with Crippen molar-refractivity contribution in [1.29, 1.82) is 0 Å². The summed E-state index contributed by atoms with van der Waals surface area (Å²) in [7, 11) is 1.18. The number of ether oxygens (including phenoxy) is 1. The average molecular weight is 1170 g/mol. The SMILES string of the molecule is CCCCC/C=C\C/C=C\C/C=C\C/C=C\CCCCCC(=O)OC(/C=C/CCCCCCCCCCCC)C(COP(=O)([O-])OCC[N+](C)(C)C)NC(=O)CCCCCCCCCCCCCCCCCCCCCCCCCCC. The molecule has 0 bridgehead atoms. The lowest BCUT2D eigenvalue weighted by Crippen LogP contribution is -2.47. The predicted octanol–water partition coefficient (Wildman–Crippen LogP) is 21.5. The molecule has 1 N–H and O–H groups in total. The maximum absolute atomic E-state index is 13.6. The van der Waals surface area contributed by atoms with Crippen LogP contribution < -0.4 is 10.2 Å². The highest BCUT2D eigenvalue weighted by Crippen LogP contribution is 2.38. The van der Waals surface area contributed by atoms with Crippen LogP contribution in [0.1, 0.15) is 335 Å². The Morgan fingerprint density at radius 3 is 1.15 bits per heavy atom. The van der Waals surface area contributed by atoms with Crippen molar-refractivity contribution >= 4 is 19.7 Å². The minimum atomic E-state index is -4.71. The van der Waals surface area contributed by atoms with Crippen LogP contribution >= 0.6 is 7.82 Å². The van der Waals surface area contributed by atoms with Crippen LogP contribution in [0.3, 0.4) is 0 Å². The van der Waals surface area contributed by atoms with E-state index in [9.17, 15) is 19.0 Å². The molecule has 0 fully saturated rings. The van der Waals surface area contributed by atoms with Gasteiger partial charge in [-0.25, -0.2) is 0 Å². The van der Waals surface area contributed by atoms with Crippen molar-refractivity contribution in [2.45, 2.75) is 348 Å². The topological polar surface area (TPSA) is 114 Å². The molecule has 3 unspecified atom stereocenters. The standard InChI is InChI=1S/C72H135N2O7P/c1-7-10-13-16-19-22-25-28-30-32-34-35-36-37-38-39-41-42-44-46-49-52-55-58-61-64-71(75)73-69(68-80-82(77,78)79-67-66-74(4,5)6)70(63-60-57-54-51-48-27-24-21-18-15-12-9-3)81-72(76)65-62-59-56-53-50-47-45-43-40-33-31-29-26-23-20-17-14-11-8-2/h20,23,29,31,40,43,47,50,60,63,69-70H,7-19,21-22,24-28,30,32-39,41-42,44-46,48-49,51-59,61-62,64-68H2,1-6H3,(H-,73,75,77,78)/b23-20-,31-29-,43-40-,50-47-,63-60+. The molecule has 1 amide bonds. The lowest BCUT2D eigenvalue weighted by atomic mass is 10.0. The molecule has 82 heavy (non-hydrogen) atoms. The summed E-state index contributed by atoms with van der Waals surface area (Å²) in [6.07, 6.45) is 79.2. The Kier molecular flexibility index (Phi) is 60.1. The number of allylic oxidation sites excluding steroid dienone is 9. The van der Waals surface area contributed by atoms with Gasteiger partial charge in [-0.15, -0.1) is 0 Å². The summed E-state index contributed by atoms with van der Waals surface area (Å²) < 4.78 is 30.4. The third-order valence-corrected chi connectivity index (χ3v) is 16.7. The van der Waals surface area contributed by atoms with E-state index in [-0.39, 0.29) is 24.9 Å². The van der Waals surface area contributed by atoms with Gasteiger partial charge in [0.15, 0.2) is 0 Å². The molecule has 0 heterocycles. The van der Waals surface area contributed by atoms with Gasteiger partial charge in [-0.3, -0.25) is 14.2 Å².